The maximum absolute atomic E-state index is 13.4. The van der Waals surface area contributed by atoms with E-state index < -0.39 is 16.5 Å². The molecule has 1 aromatic heterocycles. The highest BCUT2D eigenvalue weighted by atomic mass is 35.5. The molecule has 11 heteroatoms. The molecule has 0 unspecified atom stereocenters. The summed E-state index contributed by atoms with van der Waals surface area (Å²) in [4.78, 5) is 26.6. The molecule has 0 radical (unpaired) electrons. The topological polar surface area (TPSA) is 97.1 Å². The van der Waals surface area contributed by atoms with Gasteiger partial charge in [0.25, 0.3) is 0 Å². The predicted molar refractivity (Wildman–Crippen MR) is 150 cm³/mol. The van der Waals surface area contributed by atoms with Gasteiger partial charge in [-0.1, -0.05) is 41.1 Å². The average Bonchev–Trinajstić information content (AvgIpc) is 2.92. The van der Waals surface area contributed by atoms with Crippen molar-refractivity contribution in [1.82, 2.24) is 14.1 Å². The summed E-state index contributed by atoms with van der Waals surface area (Å²) in [6, 6.07) is 13.7. The van der Waals surface area contributed by atoms with Crippen LogP contribution in [0.15, 0.2) is 59.5 Å². The lowest BCUT2D eigenvalue weighted by Gasteiger charge is -2.43. The second-order valence-electron chi connectivity index (χ2n) is 8.56. The van der Waals surface area contributed by atoms with Crippen LogP contribution >= 0.6 is 11.6 Å². The van der Waals surface area contributed by atoms with E-state index in [0.29, 0.717) is 61.5 Å². The second-order valence-corrected chi connectivity index (χ2v) is 10.6. The number of aromatic nitrogens is 2. The van der Waals surface area contributed by atoms with E-state index in [1.54, 1.807) is 54.7 Å². The fourth-order valence-electron chi connectivity index (χ4n) is 4.10. The minimum Gasteiger partial charge on any atom is -0.484 e. The van der Waals surface area contributed by atoms with E-state index in [2.05, 4.69) is 14.3 Å². The lowest BCUT2D eigenvalue weighted by molar-refractivity contribution is 0.0697. The summed E-state index contributed by atoms with van der Waals surface area (Å²) in [5.74, 6) is -0.100. The van der Waals surface area contributed by atoms with Crippen LogP contribution in [0.3, 0.4) is 0 Å². The summed E-state index contributed by atoms with van der Waals surface area (Å²) in [6.45, 7) is 5.75. The van der Waals surface area contributed by atoms with Crippen LogP contribution in [0.25, 0.3) is 5.69 Å². The number of nitrogens with zero attached hydrogens (tertiary/aromatic N) is 4. The van der Waals surface area contributed by atoms with E-state index in [9.17, 15) is 9.59 Å². The molecule has 9 nitrogen and oxygen atoms in total. The summed E-state index contributed by atoms with van der Waals surface area (Å²) in [5.41, 5.74) is 8.57. The van der Waals surface area contributed by atoms with Gasteiger partial charge in [-0.3, -0.25) is 4.79 Å². The Morgan fingerprint density at radius 2 is 1.87 bits per heavy atom. The highest BCUT2D eigenvalue weighted by molar-refractivity contribution is 7.83. The van der Waals surface area contributed by atoms with E-state index in [1.165, 1.54) is 4.68 Å². The first kappa shape index (κ1) is 27.8. The Hall–Kier alpha value is -3.27. The zero-order valence-corrected chi connectivity index (χ0v) is 22.7. The number of hydrogen-bond acceptors (Lipinski definition) is 8. The molecule has 0 saturated carbocycles. The van der Waals surface area contributed by atoms with Crippen molar-refractivity contribution >= 4 is 33.7 Å². The number of benzene rings is 2. The highest BCUT2D eigenvalue weighted by Gasteiger charge is 2.22. The van der Waals surface area contributed by atoms with E-state index in [0.717, 1.165) is 5.56 Å². The number of carboxylic acids is 1. The summed E-state index contributed by atoms with van der Waals surface area (Å²) < 4.78 is 14.8. The Morgan fingerprint density at radius 3 is 2.53 bits per heavy atom. The maximum Gasteiger partial charge on any atom is 0.335 e. The number of rotatable bonds is 9. The molecule has 2 aromatic carbocycles. The minimum absolute atomic E-state index is 0.221. The molecule has 0 aliphatic carbocycles. The van der Waals surface area contributed by atoms with Gasteiger partial charge in [0.2, 0.25) is 5.75 Å². The molecule has 1 aliphatic rings. The summed E-state index contributed by atoms with van der Waals surface area (Å²) in [7, 11) is -0.526. The van der Waals surface area contributed by atoms with Crippen LogP contribution in [0.2, 0.25) is 5.02 Å². The van der Waals surface area contributed by atoms with Gasteiger partial charge in [-0.15, -0.1) is 0 Å². The Bertz CT molecular complexity index is 1400. The molecular weight excluding hydrogens is 528 g/mol. The van der Waals surface area contributed by atoms with E-state index >= 15 is 0 Å². The third-order valence-corrected chi connectivity index (χ3v) is 7.96. The molecule has 202 valence electrons. The summed E-state index contributed by atoms with van der Waals surface area (Å²) in [5, 5.41) is 14.0. The molecule has 0 amide bonds. The average molecular weight is 558 g/mol. The molecule has 0 bridgehead atoms. The largest absolute Gasteiger partial charge is 0.484 e. The van der Waals surface area contributed by atoms with Crippen LogP contribution in [0.4, 0.5) is 5.69 Å². The van der Waals surface area contributed by atoms with Gasteiger partial charge in [0.15, 0.2) is 0 Å². The zero-order chi connectivity index (χ0) is 27.1. The SMILES string of the molecule is C#[S-](Cc1ccc(C(=O)O)cc1)N1CCN(c2cnn(-c3cccc(Cl)c3)c(=O)c2OCCOCC)CC1. The molecular formula is C27H30ClN4O5S-. The van der Waals surface area contributed by atoms with Gasteiger partial charge in [0.1, 0.15) is 12.3 Å². The molecule has 2 heterocycles. The Balaban J connectivity index is 1.48. The lowest BCUT2D eigenvalue weighted by atomic mass is 10.1. The molecule has 38 heavy (non-hydrogen) atoms. The van der Waals surface area contributed by atoms with Crippen LogP contribution in [0, 0.1) is 5.69 Å². The van der Waals surface area contributed by atoms with Crippen LogP contribution in [0.5, 0.6) is 5.75 Å². The number of halogens is 1. The fraction of sp³-hybridized carbons (Fsp3) is 0.333. The molecule has 4 rings (SSSR count). The minimum atomic E-state index is -0.949. The summed E-state index contributed by atoms with van der Waals surface area (Å²) >= 11 is 6.13. The monoisotopic (exact) mass is 557 g/mol. The van der Waals surface area contributed by atoms with Gasteiger partial charge in [0.05, 0.1) is 24.1 Å². The maximum atomic E-state index is 13.4. The standard InChI is InChI=1S/C27H30ClN4O5S/c1-3-36-15-16-37-25-24(18-29-32(26(25)33)23-6-4-5-22(28)17-23)30-11-13-31(14-12-30)38(2)19-20-7-9-21(10-8-20)27(34)35/h2,4-10,17-18H,3,11-16,19H2,1H3,(H,34,35)/q-1. The van der Waals surface area contributed by atoms with Crippen molar-refractivity contribution in [3.8, 4) is 17.1 Å². The van der Waals surface area contributed by atoms with Crippen LogP contribution in [0.1, 0.15) is 22.8 Å². The first-order chi connectivity index (χ1) is 18.4. The van der Waals surface area contributed by atoms with Gasteiger partial charge in [-0.2, -0.15) is 9.78 Å². The van der Waals surface area contributed by atoms with Gasteiger partial charge >= 0.3 is 11.5 Å². The predicted octanol–water partition coefficient (Wildman–Crippen LogP) is 3.44. The second kappa shape index (κ2) is 13.0. The summed E-state index contributed by atoms with van der Waals surface area (Å²) in [6.07, 6.45) is 1.65. The quantitative estimate of drug-likeness (QED) is 0.316. The van der Waals surface area contributed by atoms with Crippen LogP contribution < -0.4 is 15.2 Å². The third-order valence-electron chi connectivity index (χ3n) is 6.07. The van der Waals surface area contributed by atoms with E-state index in [1.807, 2.05) is 6.92 Å². The normalized spacial score (nSPS) is 14.1. The molecule has 1 N–H and O–H groups in total. The number of carboxylic acid groups (broad SMARTS) is 1. The number of hydrogen-bond donors (Lipinski definition) is 1. The Labute approximate surface area is 228 Å². The van der Waals surface area contributed by atoms with E-state index in [-0.39, 0.29) is 23.5 Å². The van der Waals surface area contributed by atoms with Crippen molar-refractivity contribution in [2.24, 2.45) is 0 Å². The van der Waals surface area contributed by atoms with Crippen molar-refractivity contribution in [3.63, 3.8) is 0 Å². The molecule has 1 aliphatic heterocycles. The number of anilines is 1. The molecule has 0 spiro atoms. The van der Waals surface area contributed by atoms with Gasteiger partial charge in [0, 0.05) is 24.7 Å². The Morgan fingerprint density at radius 1 is 1.13 bits per heavy atom. The molecule has 1 fully saturated rings. The van der Waals surface area contributed by atoms with Crippen molar-refractivity contribution in [1.29, 1.82) is 0 Å². The smallest absolute Gasteiger partial charge is 0.335 e. The molecule has 1 saturated heterocycles. The van der Waals surface area contributed by atoms with Crippen molar-refractivity contribution < 1.29 is 19.4 Å². The number of carbonyl (C=O) groups is 1. The first-order valence-corrected chi connectivity index (χ1v) is 14.0. The Kier molecular flexibility index (Phi) is 9.49. The van der Waals surface area contributed by atoms with E-state index in [4.69, 9.17) is 31.9 Å². The van der Waals surface area contributed by atoms with Gasteiger partial charge in [-0.05, 0) is 50.3 Å². The van der Waals surface area contributed by atoms with Gasteiger partial charge < -0.3 is 40.0 Å². The third kappa shape index (κ3) is 6.78. The van der Waals surface area contributed by atoms with Crippen LogP contribution in [-0.4, -0.2) is 71.2 Å². The zero-order valence-electron chi connectivity index (χ0n) is 21.1. The highest BCUT2D eigenvalue weighted by Crippen LogP contribution is 2.26. The van der Waals surface area contributed by atoms with Gasteiger partial charge in [-0.25, -0.2) is 4.79 Å². The first-order valence-electron chi connectivity index (χ1n) is 12.2. The number of aromatic carboxylic acids is 1. The van der Waals surface area contributed by atoms with Crippen molar-refractivity contribution in [3.05, 3.63) is 81.2 Å². The van der Waals surface area contributed by atoms with Crippen molar-refractivity contribution in [2.75, 3.05) is 50.9 Å². The lowest BCUT2D eigenvalue weighted by Crippen LogP contribution is -2.47. The fourth-order valence-corrected chi connectivity index (χ4v) is 5.63. The van der Waals surface area contributed by atoms with Crippen LogP contribution in [-0.2, 0) is 21.0 Å². The molecule has 0 atom stereocenters. The molecule has 3 aromatic rings. The number of piperazine rings is 1. The van der Waals surface area contributed by atoms with Crippen molar-refractivity contribution in [2.45, 2.75) is 12.7 Å². The number of ether oxygens (including phenoxy) is 2.